The van der Waals surface area contributed by atoms with Gasteiger partial charge in [0.1, 0.15) is 0 Å². The number of fused-ring (bicyclic) bond motifs is 3. The second-order valence-corrected chi connectivity index (χ2v) is 7.70. The van der Waals surface area contributed by atoms with Crippen LogP contribution in [0.25, 0.3) is 11.0 Å². The van der Waals surface area contributed by atoms with E-state index in [9.17, 15) is 14.7 Å². The van der Waals surface area contributed by atoms with Gasteiger partial charge < -0.3 is 28.6 Å². The molecule has 0 saturated heterocycles. The van der Waals surface area contributed by atoms with Gasteiger partial charge in [-0.25, -0.2) is 4.98 Å². The van der Waals surface area contributed by atoms with Crippen molar-refractivity contribution in [1.82, 2.24) is 9.55 Å². The Morgan fingerprint density at radius 3 is 2.41 bits per heavy atom. The molecule has 10 nitrogen and oxygen atoms in total. The summed E-state index contributed by atoms with van der Waals surface area (Å²) in [5.74, 6) is -1.81. The number of phenolic OH excluding ortho intramolecular Hbond substituents is 1. The first kappa shape index (κ1) is 23.4. The summed E-state index contributed by atoms with van der Waals surface area (Å²) in [6, 6.07) is 9.79. The monoisotopic (exact) mass is 469 g/mol. The van der Waals surface area contributed by atoms with E-state index in [0.717, 1.165) is 5.52 Å². The van der Waals surface area contributed by atoms with Crippen LogP contribution in [0.3, 0.4) is 0 Å². The number of carbonyl (C=O) groups is 2. The molecule has 2 aromatic carbocycles. The van der Waals surface area contributed by atoms with Gasteiger partial charge in [-0.1, -0.05) is 12.1 Å². The quantitative estimate of drug-likeness (QED) is 0.396. The average molecular weight is 469 g/mol. The zero-order valence-electron chi connectivity index (χ0n) is 19.5. The predicted octanol–water partition coefficient (Wildman–Crippen LogP) is 2.52. The number of para-hydroxylation sites is 2. The van der Waals surface area contributed by atoms with Crippen LogP contribution in [0.2, 0.25) is 0 Å². The highest BCUT2D eigenvalue weighted by atomic mass is 16.5. The lowest BCUT2D eigenvalue weighted by Gasteiger charge is -2.38. The number of carbonyl (C=O) groups excluding carboxylic acids is 2. The Morgan fingerprint density at radius 2 is 1.79 bits per heavy atom. The van der Waals surface area contributed by atoms with Gasteiger partial charge in [-0.05, 0) is 36.8 Å². The maximum atomic E-state index is 13.8. The Balaban J connectivity index is 2.03. The first-order chi connectivity index (χ1) is 16.5. The molecule has 180 valence electrons. The van der Waals surface area contributed by atoms with Crippen LogP contribution in [-0.4, -0.2) is 67.6 Å². The van der Waals surface area contributed by atoms with Crippen LogP contribution in [0.15, 0.2) is 36.4 Å². The van der Waals surface area contributed by atoms with Crippen molar-refractivity contribution in [2.75, 3.05) is 46.0 Å². The van der Waals surface area contributed by atoms with E-state index in [1.165, 1.54) is 26.2 Å². The van der Waals surface area contributed by atoms with Gasteiger partial charge in [0.15, 0.2) is 17.4 Å². The summed E-state index contributed by atoms with van der Waals surface area (Å²) < 4.78 is 23.1. The normalized spacial score (nSPS) is 17.5. The van der Waals surface area contributed by atoms with E-state index < -0.39 is 23.8 Å². The van der Waals surface area contributed by atoms with Crippen LogP contribution < -0.4 is 14.4 Å². The van der Waals surface area contributed by atoms with Crippen molar-refractivity contribution in [3.63, 3.8) is 0 Å². The molecule has 2 atom stereocenters. The molecule has 0 radical (unpaired) electrons. The van der Waals surface area contributed by atoms with E-state index in [1.54, 1.807) is 19.1 Å². The smallest absolute Gasteiger partial charge is 0.321 e. The number of benzene rings is 2. The highest BCUT2D eigenvalue weighted by Crippen LogP contribution is 2.45. The summed E-state index contributed by atoms with van der Waals surface area (Å²) in [5.41, 5.74) is 1.92. The van der Waals surface area contributed by atoms with Gasteiger partial charge in [0, 0.05) is 7.11 Å². The molecule has 0 bridgehead atoms. The number of rotatable bonds is 8. The fourth-order valence-corrected chi connectivity index (χ4v) is 4.33. The van der Waals surface area contributed by atoms with Crippen molar-refractivity contribution in [2.45, 2.75) is 13.0 Å². The molecule has 1 aliphatic heterocycles. The fraction of sp³-hybridized carbons (Fsp3) is 0.375. The molecule has 10 heteroatoms. The number of imidazole rings is 1. The Bertz CT molecular complexity index is 1200. The third-order valence-electron chi connectivity index (χ3n) is 5.85. The van der Waals surface area contributed by atoms with Gasteiger partial charge in [0.05, 0.1) is 51.1 Å². The van der Waals surface area contributed by atoms with E-state index in [2.05, 4.69) is 0 Å². The molecule has 1 N–H and O–H groups in total. The van der Waals surface area contributed by atoms with Crippen LogP contribution in [0.4, 0.5) is 5.95 Å². The number of methoxy groups -OCH3 is 3. The van der Waals surface area contributed by atoms with E-state index in [-0.39, 0.29) is 37.0 Å². The van der Waals surface area contributed by atoms with Crippen LogP contribution in [0.5, 0.6) is 17.2 Å². The van der Waals surface area contributed by atoms with E-state index in [0.29, 0.717) is 17.0 Å². The summed E-state index contributed by atoms with van der Waals surface area (Å²) in [6.07, 6.45) is 0. The third-order valence-corrected chi connectivity index (χ3v) is 5.85. The van der Waals surface area contributed by atoms with Crippen molar-refractivity contribution >= 4 is 28.9 Å². The Morgan fingerprint density at radius 1 is 1.12 bits per heavy atom. The molecule has 0 spiro atoms. The molecule has 0 unspecified atom stereocenters. The van der Waals surface area contributed by atoms with Gasteiger partial charge >= 0.3 is 5.97 Å². The number of nitrogens with zero attached hydrogens (tertiary/aromatic N) is 3. The number of hydrogen-bond acceptors (Lipinski definition) is 8. The summed E-state index contributed by atoms with van der Waals surface area (Å²) in [7, 11) is 4.37. The highest BCUT2D eigenvalue weighted by molar-refractivity contribution is 6.08. The van der Waals surface area contributed by atoms with E-state index >= 15 is 0 Å². The average Bonchev–Trinajstić information content (AvgIpc) is 3.22. The minimum Gasteiger partial charge on any atom is -0.502 e. The van der Waals surface area contributed by atoms with Gasteiger partial charge in [-0.3, -0.25) is 14.5 Å². The maximum Gasteiger partial charge on any atom is 0.321 e. The minimum absolute atomic E-state index is 0.118. The highest BCUT2D eigenvalue weighted by Gasteiger charge is 2.48. The molecule has 1 aliphatic rings. The second-order valence-electron chi connectivity index (χ2n) is 7.70. The SMILES string of the molecule is CCOC(=O)[C@H]1C(=O)N(CCOC)c2nc3ccccc3n2[C@@H]1c1cc(OC)c(O)c(OC)c1. The molecular formula is C24H27N3O7. The van der Waals surface area contributed by atoms with Crippen molar-refractivity contribution in [1.29, 1.82) is 0 Å². The Hall–Kier alpha value is -3.79. The molecule has 34 heavy (non-hydrogen) atoms. The topological polar surface area (TPSA) is 112 Å². The van der Waals surface area contributed by atoms with Crippen LogP contribution in [-0.2, 0) is 19.1 Å². The number of anilines is 1. The lowest BCUT2D eigenvalue weighted by Crippen LogP contribution is -2.51. The van der Waals surface area contributed by atoms with Gasteiger partial charge in [-0.15, -0.1) is 0 Å². The molecule has 2 heterocycles. The molecule has 0 fully saturated rings. The summed E-state index contributed by atoms with van der Waals surface area (Å²) in [4.78, 5) is 33.1. The number of amides is 1. The lowest BCUT2D eigenvalue weighted by molar-refractivity contribution is -0.153. The molecule has 4 rings (SSSR count). The van der Waals surface area contributed by atoms with Crippen molar-refractivity contribution in [3.05, 3.63) is 42.0 Å². The number of ether oxygens (including phenoxy) is 4. The Labute approximate surface area is 196 Å². The van der Waals surface area contributed by atoms with Crippen LogP contribution in [0.1, 0.15) is 18.5 Å². The molecule has 0 saturated carbocycles. The van der Waals surface area contributed by atoms with Crippen molar-refractivity contribution in [2.24, 2.45) is 5.92 Å². The van der Waals surface area contributed by atoms with Gasteiger partial charge in [0.25, 0.3) is 0 Å². The zero-order valence-corrected chi connectivity index (χ0v) is 19.5. The van der Waals surface area contributed by atoms with Crippen molar-refractivity contribution in [3.8, 4) is 17.2 Å². The first-order valence-electron chi connectivity index (χ1n) is 10.9. The minimum atomic E-state index is -1.21. The van der Waals surface area contributed by atoms with Crippen LogP contribution in [0, 0.1) is 5.92 Å². The summed E-state index contributed by atoms with van der Waals surface area (Å²) in [6.45, 7) is 2.28. The molecule has 0 aliphatic carbocycles. The van der Waals surface area contributed by atoms with Gasteiger partial charge in [-0.2, -0.15) is 0 Å². The third kappa shape index (κ3) is 3.79. The standard InChI is InChI=1S/C24H27N3O7/c1-5-34-23(30)19-20(14-12-17(32-3)21(28)18(13-14)33-4)27-16-9-7-6-8-15(16)25-24(27)26(22(19)29)10-11-31-2/h6-9,12-13,19-20,28H,5,10-11H2,1-4H3/t19-,20-/m1/s1. The predicted molar refractivity (Wildman–Crippen MR) is 123 cm³/mol. The number of esters is 1. The first-order valence-corrected chi connectivity index (χ1v) is 10.9. The fourth-order valence-electron chi connectivity index (χ4n) is 4.33. The zero-order chi connectivity index (χ0) is 24.4. The van der Waals surface area contributed by atoms with E-state index in [1.807, 2.05) is 28.8 Å². The molecular weight excluding hydrogens is 442 g/mol. The number of aromatic nitrogens is 2. The molecule has 1 aromatic heterocycles. The number of aromatic hydroxyl groups is 1. The number of hydrogen-bond donors (Lipinski definition) is 1. The summed E-state index contributed by atoms with van der Waals surface area (Å²) >= 11 is 0. The second kappa shape index (κ2) is 9.60. The van der Waals surface area contributed by atoms with E-state index in [4.69, 9.17) is 23.9 Å². The molecule has 3 aromatic rings. The summed E-state index contributed by atoms with van der Waals surface area (Å²) in [5, 5.41) is 10.4. The maximum absolute atomic E-state index is 13.8. The number of phenols is 1. The van der Waals surface area contributed by atoms with Gasteiger partial charge in [0.2, 0.25) is 17.6 Å². The Kier molecular flexibility index (Phi) is 6.60. The molecule has 1 amide bonds. The largest absolute Gasteiger partial charge is 0.502 e. The lowest BCUT2D eigenvalue weighted by atomic mass is 9.89. The van der Waals surface area contributed by atoms with Crippen LogP contribution >= 0.6 is 0 Å². The van der Waals surface area contributed by atoms with Crippen molar-refractivity contribution < 1.29 is 33.6 Å².